The lowest BCUT2D eigenvalue weighted by Gasteiger charge is -2.10. The summed E-state index contributed by atoms with van der Waals surface area (Å²) >= 11 is 3.09. The Balaban J connectivity index is 1.56. The van der Waals surface area contributed by atoms with Gasteiger partial charge >= 0.3 is 0 Å². The molecule has 3 rings (SSSR count). The summed E-state index contributed by atoms with van der Waals surface area (Å²) in [6.45, 7) is 4.07. The molecule has 0 unspecified atom stereocenters. The Labute approximate surface area is 162 Å². The van der Waals surface area contributed by atoms with Crippen molar-refractivity contribution in [3.8, 4) is 11.3 Å². The van der Waals surface area contributed by atoms with E-state index in [0.29, 0.717) is 5.13 Å². The summed E-state index contributed by atoms with van der Waals surface area (Å²) in [7, 11) is 0. The Kier molecular flexibility index (Phi) is 6.47. The second-order valence-corrected chi connectivity index (χ2v) is 8.20. The van der Waals surface area contributed by atoms with Gasteiger partial charge in [-0.1, -0.05) is 61.5 Å². The number of thiazole rings is 1. The van der Waals surface area contributed by atoms with Gasteiger partial charge < -0.3 is 5.32 Å². The number of hydrogen-bond acceptors (Lipinski definition) is 4. The highest BCUT2D eigenvalue weighted by Gasteiger charge is 2.15. The Hall–Kier alpha value is -2.11. The molecule has 0 aliphatic rings. The van der Waals surface area contributed by atoms with Gasteiger partial charge in [0.2, 0.25) is 5.91 Å². The van der Waals surface area contributed by atoms with Crippen molar-refractivity contribution < 1.29 is 4.79 Å². The van der Waals surface area contributed by atoms with E-state index in [1.165, 1.54) is 22.5 Å². The van der Waals surface area contributed by atoms with Crippen molar-refractivity contribution in [1.82, 2.24) is 4.98 Å². The molecule has 1 atom stereocenters. The van der Waals surface area contributed by atoms with Gasteiger partial charge in [0.15, 0.2) is 5.13 Å². The number of carbonyl (C=O) groups excluding carboxylic acids is 1. The second-order valence-electron chi connectivity index (χ2n) is 6.02. The highest BCUT2D eigenvalue weighted by atomic mass is 32.2. The van der Waals surface area contributed by atoms with Crippen LogP contribution in [0.15, 0.2) is 60.0 Å². The molecule has 1 N–H and O–H groups in total. The Morgan fingerprint density at radius 2 is 1.85 bits per heavy atom. The quantitative estimate of drug-likeness (QED) is 0.575. The highest BCUT2D eigenvalue weighted by Crippen LogP contribution is 2.26. The topological polar surface area (TPSA) is 42.0 Å². The van der Waals surface area contributed by atoms with E-state index in [4.69, 9.17) is 0 Å². The largest absolute Gasteiger partial charge is 0.301 e. The zero-order valence-corrected chi connectivity index (χ0v) is 16.6. The first-order valence-electron chi connectivity index (χ1n) is 8.67. The predicted octanol–water partition coefficient (Wildman–Crippen LogP) is 5.63. The molecule has 5 heteroatoms. The van der Waals surface area contributed by atoms with Gasteiger partial charge in [-0.15, -0.1) is 23.1 Å². The number of nitrogens with one attached hydrogen (secondary N) is 1. The van der Waals surface area contributed by atoms with Crippen LogP contribution in [0.5, 0.6) is 0 Å². The van der Waals surface area contributed by atoms with Crippen LogP contribution >= 0.6 is 23.1 Å². The fraction of sp³-hybridized carbons (Fsp3) is 0.238. The second kappa shape index (κ2) is 9.01. The standard InChI is InChI=1S/C21H22N2OS2/c1-3-16-9-11-18(12-10-16)19-14-26-21(22-19)23-20(24)15(2)25-13-17-7-5-4-6-8-17/h4-12,14-15H,3,13H2,1-2H3,(H,22,23,24)/t15-/m0/s1. The van der Waals surface area contributed by atoms with Crippen LogP contribution < -0.4 is 5.32 Å². The minimum atomic E-state index is -0.133. The molecule has 1 aromatic heterocycles. The van der Waals surface area contributed by atoms with Crippen LogP contribution in [0.2, 0.25) is 0 Å². The third kappa shape index (κ3) is 4.96. The molecule has 1 heterocycles. The van der Waals surface area contributed by atoms with Gasteiger partial charge in [0.25, 0.3) is 0 Å². The first-order valence-corrected chi connectivity index (χ1v) is 10.6. The molecule has 0 fully saturated rings. The molecule has 3 nitrogen and oxygen atoms in total. The molecule has 26 heavy (non-hydrogen) atoms. The lowest BCUT2D eigenvalue weighted by molar-refractivity contribution is -0.115. The van der Waals surface area contributed by atoms with Crippen LogP contribution in [-0.2, 0) is 17.0 Å². The summed E-state index contributed by atoms with van der Waals surface area (Å²) in [6, 6.07) is 18.6. The normalized spacial score (nSPS) is 11.9. The number of hydrogen-bond donors (Lipinski definition) is 1. The van der Waals surface area contributed by atoms with Crippen molar-refractivity contribution in [2.24, 2.45) is 0 Å². The van der Waals surface area contributed by atoms with Crippen LogP contribution in [0, 0.1) is 0 Å². The van der Waals surface area contributed by atoms with Gasteiger partial charge in [-0.05, 0) is 24.5 Å². The van der Waals surface area contributed by atoms with Crippen LogP contribution in [-0.4, -0.2) is 16.1 Å². The van der Waals surface area contributed by atoms with Crippen molar-refractivity contribution in [1.29, 1.82) is 0 Å². The molecule has 3 aromatic rings. The number of benzene rings is 2. The molecule has 1 amide bonds. The van der Waals surface area contributed by atoms with Gasteiger partial charge in [0.1, 0.15) is 0 Å². The van der Waals surface area contributed by atoms with Crippen LogP contribution in [0.3, 0.4) is 0 Å². The zero-order valence-electron chi connectivity index (χ0n) is 14.9. The average molecular weight is 383 g/mol. The highest BCUT2D eigenvalue weighted by molar-refractivity contribution is 7.99. The summed E-state index contributed by atoms with van der Waals surface area (Å²) in [5.41, 5.74) is 4.51. The monoisotopic (exact) mass is 382 g/mol. The number of amides is 1. The lowest BCUT2D eigenvalue weighted by atomic mass is 10.1. The minimum Gasteiger partial charge on any atom is -0.301 e. The van der Waals surface area contributed by atoms with E-state index < -0.39 is 0 Å². The first kappa shape index (κ1) is 18.7. The van der Waals surface area contributed by atoms with Crippen molar-refractivity contribution in [3.05, 3.63) is 71.1 Å². The predicted molar refractivity (Wildman–Crippen MR) is 113 cm³/mol. The van der Waals surface area contributed by atoms with E-state index in [1.54, 1.807) is 11.8 Å². The first-order chi connectivity index (χ1) is 12.7. The summed E-state index contributed by atoms with van der Waals surface area (Å²) in [4.78, 5) is 17.0. The SMILES string of the molecule is CCc1ccc(-c2csc(NC(=O)[C@H](C)SCc3ccccc3)n2)cc1. The van der Waals surface area contributed by atoms with Gasteiger partial charge in [0, 0.05) is 16.7 Å². The fourth-order valence-electron chi connectivity index (χ4n) is 2.45. The van der Waals surface area contributed by atoms with Crippen molar-refractivity contribution in [3.63, 3.8) is 0 Å². The van der Waals surface area contributed by atoms with Crippen molar-refractivity contribution in [2.45, 2.75) is 31.3 Å². The van der Waals surface area contributed by atoms with Gasteiger partial charge in [-0.2, -0.15) is 0 Å². The smallest absolute Gasteiger partial charge is 0.238 e. The molecule has 0 saturated heterocycles. The molecular formula is C21H22N2OS2. The average Bonchev–Trinajstić information content (AvgIpc) is 3.15. The van der Waals surface area contributed by atoms with Crippen LogP contribution in [0.25, 0.3) is 11.3 Å². The molecule has 0 bridgehead atoms. The number of rotatable bonds is 7. The third-order valence-corrected chi connectivity index (χ3v) is 6.08. The van der Waals surface area contributed by atoms with E-state index in [1.807, 2.05) is 30.5 Å². The van der Waals surface area contributed by atoms with E-state index >= 15 is 0 Å². The van der Waals surface area contributed by atoms with Gasteiger partial charge in [-0.25, -0.2) is 4.98 Å². The molecule has 0 saturated carbocycles. The van der Waals surface area contributed by atoms with Gasteiger partial charge in [-0.3, -0.25) is 4.79 Å². The van der Waals surface area contributed by atoms with Crippen molar-refractivity contribution in [2.75, 3.05) is 5.32 Å². The maximum Gasteiger partial charge on any atom is 0.238 e. The Morgan fingerprint density at radius 1 is 1.12 bits per heavy atom. The number of aromatic nitrogens is 1. The summed E-state index contributed by atoms with van der Waals surface area (Å²) < 4.78 is 0. The summed E-state index contributed by atoms with van der Waals surface area (Å²) in [6.07, 6.45) is 1.02. The van der Waals surface area contributed by atoms with E-state index in [0.717, 1.165) is 23.4 Å². The molecule has 0 spiro atoms. The summed E-state index contributed by atoms with van der Waals surface area (Å²) in [5, 5.41) is 5.44. The maximum atomic E-state index is 12.4. The Bertz CT molecular complexity index is 844. The summed E-state index contributed by atoms with van der Waals surface area (Å²) in [5.74, 6) is 0.815. The molecular weight excluding hydrogens is 360 g/mol. The fourth-order valence-corrected chi connectivity index (χ4v) is 4.02. The minimum absolute atomic E-state index is 0.00633. The number of nitrogens with zero attached hydrogens (tertiary/aromatic N) is 1. The van der Waals surface area contributed by atoms with E-state index in [9.17, 15) is 4.79 Å². The molecule has 0 aliphatic heterocycles. The van der Waals surface area contributed by atoms with Gasteiger partial charge in [0.05, 0.1) is 10.9 Å². The van der Waals surface area contributed by atoms with E-state index in [2.05, 4.69) is 53.6 Å². The van der Waals surface area contributed by atoms with E-state index in [-0.39, 0.29) is 11.2 Å². The molecule has 134 valence electrons. The molecule has 2 aromatic carbocycles. The maximum absolute atomic E-state index is 12.4. The number of aryl methyl sites for hydroxylation is 1. The third-order valence-electron chi connectivity index (χ3n) is 4.10. The zero-order chi connectivity index (χ0) is 18.4. The lowest BCUT2D eigenvalue weighted by Crippen LogP contribution is -2.22. The number of thioether (sulfide) groups is 1. The van der Waals surface area contributed by atoms with Crippen molar-refractivity contribution >= 4 is 34.1 Å². The number of carbonyl (C=O) groups is 1. The molecule has 0 aliphatic carbocycles. The number of anilines is 1. The van der Waals surface area contributed by atoms with Crippen LogP contribution in [0.1, 0.15) is 25.0 Å². The molecule has 0 radical (unpaired) electrons. The van der Waals surface area contributed by atoms with Crippen LogP contribution in [0.4, 0.5) is 5.13 Å². The Morgan fingerprint density at radius 3 is 2.54 bits per heavy atom.